The Kier molecular flexibility index (Phi) is 6.66. The number of nitro groups is 1. The fourth-order valence-corrected chi connectivity index (χ4v) is 4.01. The number of hydrogen-bond donors (Lipinski definition) is 1. The van der Waals surface area contributed by atoms with Gasteiger partial charge in [0.1, 0.15) is 10.9 Å². The molecule has 7 nitrogen and oxygen atoms in total. The van der Waals surface area contributed by atoms with Crippen LogP contribution in [0.2, 0.25) is 0 Å². The zero-order chi connectivity index (χ0) is 20.8. The zero-order valence-electron chi connectivity index (χ0n) is 16.2. The highest BCUT2D eigenvalue weighted by molar-refractivity contribution is 8.00. The second-order valence-corrected chi connectivity index (χ2v) is 7.65. The van der Waals surface area contributed by atoms with Gasteiger partial charge >= 0.3 is 0 Å². The molecule has 150 valence electrons. The molecular formula is C21H22N4O3S. The average molecular weight is 410 g/mol. The molecule has 0 spiro atoms. The third-order valence-corrected chi connectivity index (χ3v) is 5.59. The first-order chi connectivity index (χ1) is 14.0. The zero-order valence-corrected chi connectivity index (χ0v) is 17.1. The third kappa shape index (κ3) is 5.03. The van der Waals surface area contributed by atoms with Crippen molar-refractivity contribution in [2.24, 2.45) is 0 Å². The second-order valence-electron chi connectivity index (χ2n) is 6.58. The van der Waals surface area contributed by atoms with Crippen molar-refractivity contribution in [3.8, 4) is 0 Å². The van der Waals surface area contributed by atoms with Crippen molar-refractivity contribution in [1.82, 2.24) is 9.55 Å². The minimum Gasteiger partial charge on any atom is -0.326 e. The van der Waals surface area contributed by atoms with E-state index in [1.807, 2.05) is 41.1 Å². The molecule has 0 bridgehead atoms. The van der Waals surface area contributed by atoms with Crippen LogP contribution in [0.15, 0.2) is 66.1 Å². The largest absolute Gasteiger partial charge is 0.326 e. The molecule has 1 atom stereocenters. The third-order valence-electron chi connectivity index (χ3n) is 4.31. The van der Waals surface area contributed by atoms with E-state index in [9.17, 15) is 14.9 Å². The van der Waals surface area contributed by atoms with Gasteiger partial charge in [-0.25, -0.2) is 4.98 Å². The van der Waals surface area contributed by atoms with Gasteiger partial charge in [-0.3, -0.25) is 14.9 Å². The quantitative estimate of drug-likeness (QED) is 0.321. The highest BCUT2D eigenvalue weighted by Gasteiger charge is 2.26. The van der Waals surface area contributed by atoms with Gasteiger partial charge in [0.05, 0.1) is 4.92 Å². The summed E-state index contributed by atoms with van der Waals surface area (Å²) in [6, 6.07) is 14.1. The number of aryl methyl sites for hydroxylation is 2. The number of benzene rings is 2. The summed E-state index contributed by atoms with van der Waals surface area (Å²) in [7, 11) is 0. The lowest BCUT2D eigenvalue weighted by atomic mass is 10.1. The Morgan fingerprint density at radius 2 is 2.03 bits per heavy atom. The maximum absolute atomic E-state index is 13.2. The summed E-state index contributed by atoms with van der Waals surface area (Å²) in [5, 5.41) is 14.3. The smallest absolute Gasteiger partial charge is 0.293 e. The minimum absolute atomic E-state index is 0.123. The highest BCUT2D eigenvalue weighted by atomic mass is 32.2. The Hall–Kier alpha value is -3.13. The van der Waals surface area contributed by atoms with Crippen molar-refractivity contribution in [3.63, 3.8) is 0 Å². The van der Waals surface area contributed by atoms with Gasteiger partial charge in [-0.15, -0.1) is 0 Å². The van der Waals surface area contributed by atoms with Gasteiger partial charge in [-0.1, -0.05) is 55.1 Å². The number of nitrogens with one attached hydrogen (secondary N) is 1. The molecule has 0 radical (unpaired) electrons. The van der Waals surface area contributed by atoms with Gasteiger partial charge in [0, 0.05) is 25.0 Å². The summed E-state index contributed by atoms with van der Waals surface area (Å²) in [6.07, 6.45) is 4.54. The summed E-state index contributed by atoms with van der Waals surface area (Å²) in [4.78, 5) is 28.5. The van der Waals surface area contributed by atoms with Crippen molar-refractivity contribution < 1.29 is 9.72 Å². The Bertz CT molecular complexity index is 1000. The molecule has 1 unspecified atom stereocenters. The van der Waals surface area contributed by atoms with Crippen LogP contribution in [-0.4, -0.2) is 20.4 Å². The molecular weight excluding hydrogens is 388 g/mol. The number of nitro benzene ring substituents is 1. The number of thioether (sulfide) groups is 1. The monoisotopic (exact) mass is 410 g/mol. The molecule has 1 amide bonds. The fraction of sp³-hybridized carbons (Fsp3) is 0.238. The number of anilines is 1. The molecule has 0 aliphatic rings. The molecule has 8 heteroatoms. The average Bonchev–Trinajstić information content (AvgIpc) is 3.15. The molecule has 3 aromatic rings. The molecule has 3 rings (SSSR count). The molecule has 1 aromatic heterocycles. The van der Waals surface area contributed by atoms with Gasteiger partial charge in [0.2, 0.25) is 5.91 Å². The summed E-state index contributed by atoms with van der Waals surface area (Å²) < 4.78 is 2.00. The molecule has 0 aliphatic carbocycles. The number of amides is 1. The molecule has 0 saturated carbocycles. The highest BCUT2D eigenvalue weighted by Crippen LogP contribution is 2.36. The van der Waals surface area contributed by atoms with Crippen LogP contribution in [-0.2, 0) is 11.3 Å². The summed E-state index contributed by atoms with van der Waals surface area (Å²) >= 11 is 1.33. The maximum atomic E-state index is 13.2. The molecule has 29 heavy (non-hydrogen) atoms. The predicted octanol–water partition coefficient (Wildman–Crippen LogP) is 4.98. The van der Waals surface area contributed by atoms with Crippen LogP contribution >= 0.6 is 11.8 Å². The standard InChI is InChI=1S/C21H22N4O3S/c1-3-12-24-13-11-22-21(24)29-19(16-7-5-4-6-8-16)20(26)23-17-10-9-15(2)14-18(17)25(27)28/h4-11,13-14,19H,3,12H2,1-2H3,(H,23,26). The van der Waals surface area contributed by atoms with E-state index in [0.717, 1.165) is 29.2 Å². The van der Waals surface area contributed by atoms with Crippen LogP contribution in [0.3, 0.4) is 0 Å². The molecule has 1 N–H and O–H groups in total. The van der Waals surface area contributed by atoms with E-state index in [0.29, 0.717) is 0 Å². The number of imidazole rings is 1. The van der Waals surface area contributed by atoms with Gasteiger partial charge in [0.25, 0.3) is 5.69 Å². The van der Waals surface area contributed by atoms with Gasteiger partial charge < -0.3 is 9.88 Å². The van der Waals surface area contributed by atoms with Gasteiger partial charge in [-0.05, 0) is 30.5 Å². The Morgan fingerprint density at radius 3 is 2.72 bits per heavy atom. The van der Waals surface area contributed by atoms with Crippen LogP contribution < -0.4 is 5.32 Å². The Balaban J connectivity index is 1.92. The normalized spacial score (nSPS) is 11.8. The number of rotatable bonds is 8. The van der Waals surface area contributed by atoms with Crippen LogP contribution in [0.1, 0.15) is 29.7 Å². The molecule has 0 saturated heterocycles. The first-order valence-electron chi connectivity index (χ1n) is 9.28. The number of carbonyl (C=O) groups is 1. The predicted molar refractivity (Wildman–Crippen MR) is 114 cm³/mol. The lowest BCUT2D eigenvalue weighted by molar-refractivity contribution is -0.384. The molecule has 0 aliphatic heterocycles. The lowest BCUT2D eigenvalue weighted by Gasteiger charge is -2.17. The molecule has 0 fully saturated rings. The van der Waals surface area contributed by atoms with E-state index in [1.165, 1.54) is 17.8 Å². The van der Waals surface area contributed by atoms with E-state index >= 15 is 0 Å². The summed E-state index contributed by atoms with van der Waals surface area (Å²) in [6.45, 7) is 4.65. The molecule has 2 aromatic carbocycles. The van der Waals surface area contributed by atoms with E-state index in [1.54, 1.807) is 25.3 Å². The van der Waals surface area contributed by atoms with Crippen LogP contribution in [0.4, 0.5) is 11.4 Å². The van der Waals surface area contributed by atoms with Crippen molar-refractivity contribution in [1.29, 1.82) is 0 Å². The minimum atomic E-state index is -0.602. The van der Waals surface area contributed by atoms with Gasteiger partial charge in [-0.2, -0.15) is 0 Å². The number of aromatic nitrogens is 2. The first kappa shape index (κ1) is 20.6. The fourth-order valence-electron chi connectivity index (χ4n) is 2.93. The van der Waals surface area contributed by atoms with Crippen molar-refractivity contribution >= 4 is 29.0 Å². The topological polar surface area (TPSA) is 90.1 Å². The van der Waals surface area contributed by atoms with Gasteiger partial charge in [0.15, 0.2) is 5.16 Å². The van der Waals surface area contributed by atoms with E-state index < -0.39 is 10.2 Å². The SMILES string of the molecule is CCCn1ccnc1SC(C(=O)Nc1ccc(C)cc1[N+](=O)[O-])c1ccccc1. The van der Waals surface area contributed by atoms with Crippen LogP contribution in [0.5, 0.6) is 0 Å². The number of nitrogens with zero attached hydrogens (tertiary/aromatic N) is 3. The Morgan fingerprint density at radius 1 is 1.28 bits per heavy atom. The van der Waals surface area contributed by atoms with Crippen molar-refractivity contribution in [3.05, 3.63) is 82.2 Å². The van der Waals surface area contributed by atoms with E-state index in [-0.39, 0.29) is 17.3 Å². The molecule has 1 heterocycles. The first-order valence-corrected chi connectivity index (χ1v) is 10.2. The maximum Gasteiger partial charge on any atom is 0.293 e. The van der Waals surface area contributed by atoms with Crippen LogP contribution in [0.25, 0.3) is 0 Å². The van der Waals surface area contributed by atoms with E-state index in [4.69, 9.17) is 0 Å². The van der Waals surface area contributed by atoms with E-state index in [2.05, 4.69) is 17.2 Å². The lowest BCUT2D eigenvalue weighted by Crippen LogP contribution is -2.20. The number of carbonyl (C=O) groups excluding carboxylic acids is 1. The summed E-state index contributed by atoms with van der Waals surface area (Å²) in [5.74, 6) is -0.334. The Labute approximate surface area is 173 Å². The summed E-state index contributed by atoms with van der Waals surface area (Å²) in [5.41, 5.74) is 1.62. The van der Waals surface area contributed by atoms with Crippen LogP contribution in [0, 0.1) is 17.0 Å². The number of hydrogen-bond acceptors (Lipinski definition) is 5. The van der Waals surface area contributed by atoms with Crippen molar-refractivity contribution in [2.45, 2.75) is 37.2 Å². The second kappa shape index (κ2) is 9.38. The van der Waals surface area contributed by atoms with Crippen molar-refractivity contribution in [2.75, 3.05) is 5.32 Å².